The smallest absolute Gasteiger partial charge is 0.133 e. The molecule has 2 nitrogen and oxygen atoms in total. The number of halogens is 1. The van der Waals surface area contributed by atoms with Crippen LogP contribution in [0.4, 0.5) is 0 Å². The molecule has 0 bridgehead atoms. The van der Waals surface area contributed by atoms with Gasteiger partial charge in [0.2, 0.25) is 0 Å². The van der Waals surface area contributed by atoms with E-state index in [1.807, 2.05) is 7.05 Å². The minimum Gasteiger partial charge on any atom is -0.492 e. The topological polar surface area (TPSA) is 21.3 Å². The molecule has 0 amide bonds. The maximum Gasteiger partial charge on any atom is 0.133 e. The van der Waals surface area contributed by atoms with Crippen LogP contribution in [0.5, 0.6) is 5.75 Å². The lowest BCUT2D eigenvalue weighted by Crippen LogP contribution is -2.09. The molecule has 0 saturated heterocycles. The predicted octanol–water partition coefficient (Wildman–Crippen LogP) is 3.74. The Bertz CT molecular complexity index is 361. The first-order chi connectivity index (χ1) is 8.29. The number of benzene rings is 1. The molecule has 0 aliphatic heterocycles. The standard InChI is InChI=1S/C14H20BrNO/c1-16-9-12-6-7-14(13(15)8-12)17-10-11-4-2-3-5-11/h6-8,11,16H,2-5,9-10H2,1H3. The summed E-state index contributed by atoms with van der Waals surface area (Å²) in [4.78, 5) is 0. The van der Waals surface area contributed by atoms with Gasteiger partial charge < -0.3 is 10.1 Å². The lowest BCUT2D eigenvalue weighted by molar-refractivity contribution is 0.250. The van der Waals surface area contributed by atoms with Gasteiger partial charge in [-0.3, -0.25) is 0 Å². The summed E-state index contributed by atoms with van der Waals surface area (Å²) in [5.74, 6) is 1.73. The van der Waals surface area contributed by atoms with Crippen molar-refractivity contribution in [2.75, 3.05) is 13.7 Å². The Morgan fingerprint density at radius 2 is 2.12 bits per heavy atom. The summed E-state index contributed by atoms with van der Waals surface area (Å²) in [7, 11) is 1.96. The van der Waals surface area contributed by atoms with Crippen molar-refractivity contribution in [2.24, 2.45) is 5.92 Å². The van der Waals surface area contributed by atoms with Gasteiger partial charge in [-0.2, -0.15) is 0 Å². The van der Waals surface area contributed by atoms with E-state index in [4.69, 9.17) is 4.74 Å². The third kappa shape index (κ3) is 3.71. The Hall–Kier alpha value is -0.540. The summed E-state index contributed by atoms with van der Waals surface area (Å²) in [6.45, 7) is 1.76. The Labute approximate surface area is 112 Å². The number of hydrogen-bond donors (Lipinski definition) is 1. The number of rotatable bonds is 5. The fourth-order valence-corrected chi connectivity index (χ4v) is 2.90. The molecule has 0 radical (unpaired) electrons. The SMILES string of the molecule is CNCc1ccc(OCC2CCCC2)c(Br)c1. The Kier molecular flexibility index (Phi) is 4.86. The van der Waals surface area contributed by atoms with Gasteiger partial charge in [-0.25, -0.2) is 0 Å². The van der Waals surface area contributed by atoms with Crippen molar-refractivity contribution in [3.8, 4) is 5.75 Å². The summed E-state index contributed by atoms with van der Waals surface area (Å²) in [6.07, 6.45) is 5.40. The van der Waals surface area contributed by atoms with Crippen LogP contribution >= 0.6 is 15.9 Å². The molecule has 17 heavy (non-hydrogen) atoms. The fourth-order valence-electron chi connectivity index (χ4n) is 2.36. The molecule has 1 saturated carbocycles. The highest BCUT2D eigenvalue weighted by atomic mass is 79.9. The highest BCUT2D eigenvalue weighted by Crippen LogP contribution is 2.29. The van der Waals surface area contributed by atoms with Crippen molar-refractivity contribution in [3.63, 3.8) is 0 Å². The second kappa shape index (κ2) is 6.41. The highest BCUT2D eigenvalue weighted by Gasteiger charge is 2.16. The van der Waals surface area contributed by atoms with Gasteiger partial charge in [0.1, 0.15) is 5.75 Å². The molecule has 3 heteroatoms. The lowest BCUT2D eigenvalue weighted by Gasteiger charge is -2.13. The average molecular weight is 298 g/mol. The van der Waals surface area contributed by atoms with E-state index in [9.17, 15) is 0 Å². The van der Waals surface area contributed by atoms with E-state index in [0.717, 1.165) is 29.3 Å². The first-order valence-electron chi connectivity index (χ1n) is 6.35. The van der Waals surface area contributed by atoms with Crippen LogP contribution in [0, 0.1) is 5.92 Å². The zero-order valence-corrected chi connectivity index (χ0v) is 11.9. The number of hydrogen-bond acceptors (Lipinski definition) is 2. The molecule has 1 aromatic carbocycles. The minimum atomic E-state index is 0.763. The molecule has 0 atom stereocenters. The molecule has 2 rings (SSSR count). The Balaban J connectivity index is 1.91. The van der Waals surface area contributed by atoms with Crippen molar-refractivity contribution in [2.45, 2.75) is 32.2 Å². The van der Waals surface area contributed by atoms with E-state index in [1.165, 1.54) is 31.2 Å². The quantitative estimate of drug-likeness (QED) is 0.894. The molecule has 0 aromatic heterocycles. The third-order valence-corrected chi connectivity index (χ3v) is 3.95. The summed E-state index contributed by atoms with van der Waals surface area (Å²) in [5.41, 5.74) is 1.27. The summed E-state index contributed by atoms with van der Waals surface area (Å²) in [5, 5.41) is 3.15. The Morgan fingerprint density at radius 1 is 1.35 bits per heavy atom. The fraction of sp³-hybridized carbons (Fsp3) is 0.571. The van der Waals surface area contributed by atoms with Crippen LogP contribution in [0.2, 0.25) is 0 Å². The zero-order chi connectivity index (χ0) is 12.1. The maximum absolute atomic E-state index is 5.89. The van der Waals surface area contributed by atoms with Crippen molar-refractivity contribution in [1.82, 2.24) is 5.32 Å². The molecular formula is C14H20BrNO. The van der Waals surface area contributed by atoms with E-state index in [0.29, 0.717) is 0 Å². The normalized spacial score (nSPS) is 16.4. The van der Waals surface area contributed by atoms with Crippen molar-refractivity contribution in [3.05, 3.63) is 28.2 Å². The summed E-state index contributed by atoms with van der Waals surface area (Å²) < 4.78 is 6.95. The molecule has 94 valence electrons. The van der Waals surface area contributed by atoms with Crippen LogP contribution in [-0.4, -0.2) is 13.7 Å². The second-order valence-corrected chi connectivity index (χ2v) is 5.61. The molecule has 1 N–H and O–H groups in total. The van der Waals surface area contributed by atoms with Gasteiger partial charge in [0.15, 0.2) is 0 Å². The van der Waals surface area contributed by atoms with Gasteiger partial charge in [0.05, 0.1) is 11.1 Å². The predicted molar refractivity (Wildman–Crippen MR) is 74.4 cm³/mol. The molecule has 0 heterocycles. The average Bonchev–Trinajstić information content (AvgIpc) is 2.81. The second-order valence-electron chi connectivity index (χ2n) is 4.76. The molecular weight excluding hydrogens is 278 g/mol. The number of ether oxygens (including phenoxy) is 1. The molecule has 0 spiro atoms. The van der Waals surface area contributed by atoms with Gasteiger partial charge in [0, 0.05) is 6.54 Å². The van der Waals surface area contributed by atoms with Crippen molar-refractivity contribution >= 4 is 15.9 Å². The van der Waals surface area contributed by atoms with Crippen molar-refractivity contribution in [1.29, 1.82) is 0 Å². The van der Waals surface area contributed by atoms with Gasteiger partial charge in [0.25, 0.3) is 0 Å². The van der Waals surface area contributed by atoms with Crippen molar-refractivity contribution < 1.29 is 4.74 Å². The Morgan fingerprint density at radius 3 is 2.76 bits per heavy atom. The summed E-state index contributed by atoms with van der Waals surface area (Å²) >= 11 is 3.57. The monoisotopic (exact) mass is 297 g/mol. The van der Waals surface area contributed by atoms with Gasteiger partial charge in [-0.05, 0) is 59.4 Å². The van der Waals surface area contributed by atoms with E-state index >= 15 is 0 Å². The zero-order valence-electron chi connectivity index (χ0n) is 10.3. The van der Waals surface area contributed by atoms with Crippen LogP contribution in [0.15, 0.2) is 22.7 Å². The molecule has 1 fully saturated rings. The molecule has 0 unspecified atom stereocenters. The first-order valence-corrected chi connectivity index (χ1v) is 7.14. The van der Waals surface area contributed by atoms with Crippen LogP contribution in [0.25, 0.3) is 0 Å². The van der Waals surface area contributed by atoms with Gasteiger partial charge in [-0.15, -0.1) is 0 Å². The lowest BCUT2D eigenvalue weighted by atomic mass is 10.1. The van der Waals surface area contributed by atoms with E-state index in [-0.39, 0.29) is 0 Å². The van der Waals surface area contributed by atoms with E-state index < -0.39 is 0 Å². The third-order valence-electron chi connectivity index (χ3n) is 3.33. The minimum absolute atomic E-state index is 0.763. The molecule has 1 aliphatic carbocycles. The molecule has 1 aromatic rings. The van der Waals surface area contributed by atoms with Crippen LogP contribution in [-0.2, 0) is 6.54 Å². The largest absolute Gasteiger partial charge is 0.492 e. The van der Waals surface area contributed by atoms with Gasteiger partial charge >= 0.3 is 0 Å². The molecule has 1 aliphatic rings. The van der Waals surface area contributed by atoms with Crippen LogP contribution in [0.3, 0.4) is 0 Å². The maximum atomic E-state index is 5.89. The van der Waals surface area contributed by atoms with Crippen LogP contribution in [0.1, 0.15) is 31.2 Å². The van der Waals surface area contributed by atoms with E-state index in [2.05, 4.69) is 39.4 Å². The highest BCUT2D eigenvalue weighted by molar-refractivity contribution is 9.10. The summed E-state index contributed by atoms with van der Waals surface area (Å²) in [6, 6.07) is 6.30. The van der Waals surface area contributed by atoms with E-state index in [1.54, 1.807) is 0 Å². The van der Waals surface area contributed by atoms with Crippen LogP contribution < -0.4 is 10.1 Å². The number of nitrogens with one attached hydrogen (secondary N) is 1. The first kappa shape index (κ1) is 12.9. The van der Waals surface area contributed by atoms with Gasteiger partial charge in [-0.1, -0.05) is 18.9 Å².